The van der Waals surface area contributed by atoms with Crippen LogP contribution in [0.3, 0.4) is 0 Å². The molecule has 158 valence electrons. The predicted molar refractivity (Wildman–Crippen MR) is 104 cm³/mol. The summed E-state index contributed by atoms with van der Waals surface area (Å²) in [6.07, 6.45) is 4.21. The monoisotopic (exact) mass is 388 g/mol. The molecule has 0 heterocycles. The van der Waals surface area contributed by atoms with Crippen molar-refractivity contribution in [2.45, 2.75) is 69.5 Å². The van der Waals surface area contributed by atoms with E-state index in [1.807, 2.05) is 0 Å². The van der Waals surface area contributed by atoms with Crippen LogP contribution < -0.4 is 33.6 Å². The smallest absolute Gasteiger partial charge is 0.326 e. The topological polar surface area (TPSA) is 200 Å². The van der Waals surface area contributed by atoms with Crippen LogP contribution in [0, 0.1) is 0 Å². The molecular formula is C17H36N6O4. The van der Waals surface area contributed by atoms with Crippen LogP contribution >= 0.6 is 0 Å². The Balaban J connectivity index is 4.88. The Labute approximate surface area is 160 Å². The molecule has 0 aromatic heterocycles. The average molecular weight is 389 g/mol. The first kappa shape index (κ1) is 25.2. The van der Waals surface area contributed by atoms with E-state index in [1.54, 1.807) is 0 Å². The van der Waals surface area contributed by atoms with Crippen molar-refractivity contribution in [3.05, 3.63) is 0 Å². The summed E-state index contributed by atoms with van der Waals surface area (Å²) in [6.45, 7) is 1.35. The van der Waals surface area contributed by atoms with E-state index >= 15 is 0 Å². The van der Waals surface area contributed by atoms with Crippen molar-refractivity contribution in [1.82, 2.24) is 10.6 Å². The number of carboxylic acids is 1. The Morgan fingerprint density at radius 3 is 1.67 bits per heavy atom. The third kappa shape index (κ3) is 11.5. The van der Waals surface area contributed by atoms with Gasteiger partial charge < -0.3 is 38.7 Å². The van der Waals surface area contributed by atoms with Gasteiger partial charge in [0.25, 0.3) is 0 Å². The molecule has 11 N–H and O–H groups in total. The quantitative estimate of drug-likeness (QED) is 0.153. The lowest BCUT2D eigenvalue weighted by Gasteiger charge is -2.23. The number of aliphatic carboxylic acids is 1. The minimum Gasteiger partial charge on any atom is -0.480 e. The van der Waals surface area contributed by atoms with E-state index in [4.69, 9.17) is 22.9 Å². The van der Waals surface area contributed by atoms with Gasteiger partial charge in [0.05, 0.1) is 6.04 Å². The number of hydrogen-bond donors (Lipinski definition) is 7. The van der Waals surface area contributed by atoms with Crippen LogP contribution in [0.5, 0.6) is 0 Å². The number of hydrogen-bond acceptors (Lipinski definition) is 7. The first-order valence-electron chi connectivity index (χ1n) is 9.56. The second kappa shape index (κ2) is 15.3. The number of amides is 2. The molecule has 0 fully saturated rings. The minimum absolute atomic E-state index is 0.276. The number of carboxylic acid groups (broad SMARTS) is 1. The maximum atomic E-state index is 12.6. The van der Waals surface area contributed by atoms with Crippen LogP contribution in [0.15, 0.2) is 0 Å². The van der Waals surface area contributed by atoms with Crippen molar-refractivity contribution in [2.24, 2.45) is 22.9 Å². The third-order valence-electron chi connectivity index (χ3n) is 4.20. The summed E-state index contributed by atoms with van der Waals surface area (Å²) in [5.74, 6) is -2.11. The molecule has 0 aromatic carbocycles. The van der Waals surface area contributed by atoms with Gasteiger partial charge in [-0.05, 0) is 71.0 Å². The molecule has 10 nitrogen and oxygen atoms in total. The van der Waals surface area contributed by atoms with Crippen molar-refractivity contribution in [1.29, 1.82) is 0 Å². The highest BCUT2D eigenvalue weighted by molar-refractivity contribution is 5.91. The van der Waals surface area contributed by atoms with Crippen LogP contribution in [-0.4, -0.2) is 60.6 Å². The standard InChI is InChI=1S/C17H36N6O4/c18-9-3-1-7-13(22-15(24)12(21)6-5-11-20)16(25)23-14(17(26)27)8-2-4-10-19/h12-14H,1-11,18-21H2,(H,22,24)(H,23,25)(H,26,27). The molecule has 0 aliphatic heterocycles. The minimum atomic E-state index is -1.12. The van der Waals surface area contributed by atoms with Gasteiger partial charge in [-0.2, -0.15) is 0 Å². The van der Waals surface area contributed by atoms with Gasteiger partial charge >= 0.3 is 5.97 Å². The molecule has 2 amide bonds. The molecule has 0 spiro atoms. The van der Waals surface area contributed by atoms with Crippen LogP contribution in [-0.2, 0) is 14.4 Å². The molecule has 0 aromatic rings. The number of carbonyl (C=O) groups excluding carboxylic acids is 2. The summed E-state index contributed by atoms with van der Waals surface area (Å²) in [5, 5.41) is 14.4. The van der Waals surface area contributed by atoms with Crippen LogP contribution in [0.4, 0.5) is 0 Å². The van der Waals surface area contributed by atoms with Crippen LogP contribution in [0.1, 0.15) is 51.4 Å². The second-order valence-corrected chi connectivity index (χ2v) is 6.57. The molecule has 3 unspecified atom stereocenters. The van der Waals surface area contributed by atoms with E-state index in [1.165, 1.54) is 0 Å². The normalized spacial score (nSPS) is 14.2. The van der Waals surface area contributed by atoms with Crippen molar-refractivity contribution in [2.75, 3.05) is 19.6 Å². The molecule has 0 saturated heterocycles. The summed E-state index contributed by atoms with van der Waals surface area (Å²) in [5.41, 5.74) is 22.1. The van der Waals surface area contributed by atoms with Crippen molar-refractivity contribution in [3.8, 4) is 0 Å². The zero-order valence-corrected chi connectivity index (χ0v) is 16.0. The number of rotatable bonds is 16. The van der Waals surface area contributed by atoms with Gasteiger partial charge in [0.2, 0.25) is 11.8 Å². The van der Waals surface area contributed by atoms with E-state index in [2.05, 4.69) is 10.6 Å². The van der Waals surface area contributed by atoms with E-state index in [0.29, 0.717) is 64.6 Å². The molecule has 27 heavy (non-hydrogen) atoms. The van der Waals surface area contributed by atoms with Crippen LogP contribution in [0.2, 0.25) is 0 Å². The molecule has 0 saturated carbocycles. The van der Waals surface area contributed by atoms with Gasteiger partial charge in [0.1, 0.15) is 12.1 Å². The van der Waals surface area contributed by atoms with Crippen molar-refractivity contribution < 1.29 is 19.5 Å². The van der Waals surface area contributed by atoms with Crippen molar-refractivity contribution in [3.63, 3.8) is 0 Å². The van der Waals surface area contributed by atoms with Gasteiger partial charge in [0, 0.05) is 0 Å². The predicted octanol–water partition coefficient (Wildman–Crippen LogP) is -1.64. The van der Waals surface area contributed by atoms with Gasteiger partial charge in [-0.25, -0.2) is 4.79 Å². The summed E-state index contributed by atoms with van der Waals surface area (Å²) in [4.78, 5) is 36.1. The average Bonchev–Trinajstić information content (AvgIpc) is 2.64. The lowest BCUT2D eigenvalue weighted by molar-refractivity contribution is -0.142. The van der Waals surface area contributed by atoms with E-state index < -0.39 is 35.9 Å². The Kier molecular flexibility index (Phi) is 14.3. The molecule has 0 bridgehead atoms. The Morgan fingerprint density at radius 1 is 0.704 bits per heavy atom. The van der Waals surface area contributed by atoms with E-state index in [9.17, 15) is 19.5 Å². The SMILES string of the molecule is NCCCCC(NC(=O)C(CCCCN)NC(=O)C(N)CCCN)C(=O)O. The van der Waals surface area contributed by atoms with Gasteiger partial charge in [-0.1, -0.05) is 0 Å². The first-order chi connectivity index (χ1) is 12.9. The lowest BCUT2D eigenvalue weighted by Crippen LogP contribution is -2.54. The summed E-state index contributed by atoms with van der Waals surface area (Å²) in [7, 11) is 0. The molecule has 10 heteroatoms. The number of unbranched alkanes of at least 4 members (excludes halogenated alkanes) is 2. The van der Waals surface area contributed by atoms with E-state index in [0.717, 1.165) is 0 Å². The molecule has 0 aliphatic carbocycles. The highest BCUT2D eigenvalue weighted by Gasteiger charge is 2.27. The molecular weight excluding hydrogens is 352 g/mol. The van der Waals surface area contributed by atoms with Gasteiger partial charge in [-0.3, -0.25) is 9.59 Å². The molecule has 0 rings (SSSR count). The fourth-order valence-electron chi connectivity index (χ4n) is 2.53. The third-order valence-corrected chi connectivity index (χ3v) is 4.20. The number of nitrogens with two attached hydrogens (primary N) is 4. The van der Waals surface area contributed by atoms with Crippen LogP contribution in [0.25, 0.3) is 0 Å². The fraction of sp³-hybridized carbons (Fsp3) is 0.824. The molecule has 3 atom stereocenters. The summed E-state index contributed by atoms with van der Waals surface area (Å²) >= 11 is 0. The zero-order valence-electron chi connectivity index (χ0n) is 16.0. The molecule has 0 radical (unpaired) electrons. The van der Waals surface area contributed by atoms with Gasteiger partial charge in [0.15, 0.2) is 0 Å². The Bertz CT molecular complexity index is 449. The summed E-state index contributed by atoms with van der Waals surface area (Å²) in [6, 6.07) is -2.65. The Morgan fingerprint density at radius 2 is 1.19 bits per heavy atom. The maximum absolute atomic E-state index is 12.6. The summed E-state index contributed by atoms with van der Waals surface area (Å²) < 4.78 is 0. The number of nitrogens with one attached hydrogen (secondary N) is 2. The van der Waals surface area contributed by atoms with Gasteiger partial charge in [-0.15, -0.1) is 0 Å². The first-order valence-corrected chi connectivity index (χ1v) is 9.56. The fourth-order valence-corrected chi connectivity index (χ4v) is 2.53. The highest BCUT2D eigenvalue weighted by atomic mass is 16.4. The second-order valence-electron chi connectivity index (χ2n) is 6.57. The zero-order chi connectivity index (χ0) is 20.7. The number of carbonyl (C=O) groups is 3. The maximum Gasteiger partial charge on any atom is 0.326 e. The largest absolute Gasteiger partial charge is 0.480 e. The Hall–Kier alpha value is -1.75. The molecule has 0 aliphatic rings. The van der Waals surface area contributed by atoms with Crippen molar-refractivity contribution >= 4 is 17.8 Å². The lowest BCUT2D eigenvalue weighted by atomic mass is 10.0. The van der Waals surface area contributed by atoms with E-state index in [-0.39, 0.29) is 6.42 Å². The highest BCUT2D eigenvalue weighted by Crippen LogP contribution is 2.06.